The third-order valence-electron chi connectivity index (χ3n) is 2.49. The van der Waals surface area contributed by atoms with Crippen LogP contribution in [0.15, 0.2) is 43.0 Å². The predicted molar refractivity (Wildman–Crippen MR) is 103 cm³/mol. The van der Waals surface area contributed by atoms with Crippen LogP contribution in [0.5, 0.6) is 0 Å². The standard InChI is InChI=1S/C11H14.C6H12.2C2H6/c1-4-10(3)11-7-5-6-9(2)8-11;1-3-5-6-4-2;2*1-2/h5-8H,3-4H2,1-2H3;5-6H,3-4H2,1-2H3;2*1-2H3/b;6-5+;;. The van der Waals surface area contributed by atoms with E-state index >= 15 is 0 Å². The minimum absolute atomic E-state index is 1.03. The van der Waals surface area contributed by atoms with Crippen LogP contribution >= 0.6 is 0 Å². The largest absolute Gasteiger partial charge is 0.0952 e. The Morgan fingerprint density at radius 2 is 1.43 bits per heavy atom. The van der Waals surface area contributed by atoms with Crippen molar-refractivity contribution in [3.63, 3.8) is 0 Å². The molecular weight excluding hydrogens is 252 g/mol. The summed E-state index contributed by atoms with van der Waals surface area (Å²) in [6.45, 7) is 20.5. The van der Waals surface area contributed by atoms with Gasteiger partial charge in [-0.05, 0) is 37.3 Å². The second-order valence-corrected chi connectivity index (χ2v) is 4.11. The van der Waals surface area contributed by atoms with Gasteiger partial charge in [0, 0.05) is 0 Å². The van der Waals surface area contributed by atoms with Crippen LogP contribution in [-0.2, 0) is 0 Å². The van der Waals surface area contributed by atoms with Gasteiger partial charge < -0.3 is 0 Å². The lowest BCUT2D eigenvalue weighted by molar-refractivity contribution is 1.16. The van der Waals surface area contributed by atoms with E-state index in [9.17, 15) is 0 Å². The topological polar surface area (TPSA) is 0 Å². The molecule has 0 fully saturated rings. The molecule has 0 heteroatoms. The summed E-state index contributed by atoms with van der Waals surface area (Å²) >= 11 is 0. The van der Waals surface area contributed by atoms with Gasteiger partial charge in [-0.2, -0.15) is 0 Å². The number of rotatable bonds is 4. The average molecular weight is 291 g/mol. The van der Waals surface area contributed by atoms with Gasteiger partial charge in [-0.25, -0.2) is 0 Å². The molecule has 21 heavy (non-hydrogen) atoms. The first-order chi connectivity index (χ1) is 10.2. The van der Waals surface area contributed by atoms with Crippen molar-refractivity contribution in [2.45, 2.75) is 74.7 Å². The molecule has 1 rings (SSSR count). The Balaban J connectivity index is -0.000000277. The van der Waals surface area contributed by atoms with Crippen LogP contribution in [0.25, 0.3) is 5.57 Å². The minimum atomic E-state index is 1.03. The molecule has 0 heterocycles. The van der Waals surface area contributed by atoms with E-state index in [1.165, 1.54) is 29.5 Å². The fourth-order valence-electron chi connectivity index (χ4n) is 1.40. The van der Waals surface area contributed by atoms with Gasteiger partial charge in [-0.15, -0.1) is 0 Å². The zero-order valence-corrected chi connectivity index (χ0v) is 15.8. The van der Waals surface area contributed by atoms with Crippen molar-refractivity contribution in [2.75, 3.05) is 0 Å². The Hall–Kier alpha value is -1.30. The summed E-state index contributed by atoms with van der Waals surface area (Å²) in [5, 5.41) is 0. The summed E-state index contributed by atoms with van der Waals surface area (Å²) in [5.41, 5.74) is 3.79. The molecule has 1 aromatic rings. The normalized spacial score (nSPS) is 8.57. The lowest BCUT2D eigenvalue weighted by Gasteiger charge is -2.02. The highest BCUT2D eigenvalue weighted by molar-refractivity contribution is 5.63. The molecule has 0 saturated carbocycles. The van der Waals surface area contributed by atoms with Gasteiger partial charge in [0.05, 0.1) is 0 Å². The van der Waals surface area contributed by atoms with Crippen molar-refractivity contribution in [1.29, 1.82) is 0 Å². The lowest BCUT2D eigenvalue weighted by atomic mass is 10.0. The molecule has 0 bridgehead atoms. The van der Waals surface area contributed by atoms with Crippen molar-refractivity contribution in [3.05, 3.63) is 54.1 Å². The van der Waals surface area contributed by atoms with Crippen LogP contribution < -0.4 is 0 Å². The van der Waals surface area contributed by atoms with Crippen molar-refractivity contribution < 1.29 is 0 Å². The van der Waals surface area contributed by atoms with Crippen molar-refractivity contribution in [1.82, 2.24) is 0 Å². The summed E-state index contributed by atoms with van der Waals surface area (Å²) in [6.07, 6.45) is 7.74. The highest BCUT2D eigenvalue weighted by Crippen LogP contribution is 2.16. The zero-order valence-electron chi connectivity index (χ0n) is 15.8. The van der Waals surface area contributed by atoms with E-state index < -0.39 is 0 Å². The van der Waals surface area contributed by atoms with Crippen molar-refractivity contribution in [2.24, 2.45) is 0 Å². The van der Waals surface area contributed by atoms with E-state index in [-0.39, 0.29) is 0 Å². The van der Waals surface area contributed by atoms with E-state index in [4.69, 9.17) is 0 Å². The van der Waals surface area contributed by atoms with E-state index in [0.717, 1.165) is 6.42 Å². The SMILES string of the molecule is C=C(CC)c1cccc(C)c1.CC.CC.CC/C=C/CC. The number of aryl methyl sites for hydroxylation is 1. The molecule has 0 radical (unpaired) electrons. The first-order valence-electron chi connectivity index (χ1n) is 8.55. The van der Waals surface area contributed by atoms with E-state index in [1.54, 1.807) is 0 Å². The molecule has 0 spiro atoms. The fourth-order valence-corrected chi connectivity index (χ4v) is 1.40. The van der Waals surface area contributed by atoms with Crippen LogP contribution in [0.1, 0.15) is 78.9 Å². The zero-order chi connectivity index (χ0) is 17.1. The van der Waals surface area contributed by atoms with Crippen LogP contribution in [0.4, 0.5) is 0 Å². The summed E-state index contributed by atoms with van der Waals surface area (Å²) < 4.78 is 0. The van der Waals surface area contributed by atoms with Gasteiger partial charge in [0.25, 0.3) is 0 Å². The maximum absolute atomic E-state index is 3.98. The first kappa shape index (κ1) is 24.7. The average Bonchev–Trinajstić information content (AvgIpc) is 2.56. The predicted octanol–water partition coefficient (Wildman–Crippen LogP) is 7.83. The van der Waals surface area contributed by atoms with Crippen LogP contribution in [-0.4, -0.2) is 0 Å². The highest BCUT2D eigenvalue weighted by atomic mass is 14.0. The van der Waals surface area contributed by atoms with E-state index in [0.29, 0.717) is 0 Å². The molecule has 0 aromatic heterocycles. The molecule has 0 amide bonds. The molecule has 0 saturated heterocycles. The Bertz CT molecular complexity index is 339. The monoisotopic (exact) mass is 290 g/mol. The molecule has 0 aliphatic rings. The molecule has 0 aliphatic heterocycles. The smallest absolute Gasteiger partial charge is 0.0228 e. The molecule has 0 unspecified atom stereocenters. The summed E-state index contributed by atoms with van der Waals surface area (Å²) in [7, 11) is 0. The summed E-state index contributed by atoms with van der Waals surface area (Å²) in [4.78, 5) is 0. The van der Waals surface area contributed by atoms with E-state index in [2.05, 4.69) is 70.7 Å². The number of hydrogen-bond donors (Lipinski definition) is 0. The number of hydrogen-bond acceptors (Lipinski definition) is 0. The van der Waals surface area contributed by atoms with E-state index in [1.807, 2.05) is 27.7 Å². The van der Waals surface area contributed by atoms with Crippen LogP contribution in [0, 0.1) is 6.92 Å². The minimum Gasteiger partial charge on any atom is -0.0952 e. The Morgan fingerprint density at radius 1 is 0.952 bits per heavy atom. The molecule has 0 N–H and O–H groups in total. The van der Waals surface area contributed by atoms with Gasteiger partial charge in [0.1, 0.15) is 0 Å². The molecule has 0 aliphatic carbocycles. The van der Waals surface area contributed by atoms with Gasteiger partial charge in [-0.3, -0.25) is 0 Å². The Kier molecular flexibility index (Phi) is 24.7. The fraction of sp³-hybridized carbons (Fsp3) is 0.524. The number of allylic oxidation sites excluding steroid dienone is 3. The molecule has 1 aromatic carbocycles. The maximum atomic E-state index is 3.98. The maximum Gasteiger partial charge on any atom is -0.0228 e. The second kappa shape index (κ2) is 21.0. The van der Waals surface area contributed by atoms with Crippen LogP contribution in [0.2, 0.25) is 0 Å². The molecule has 0 atom stereocenters. The van der Waals surface area contributed by atoms with Gasteiger partial charge >= 0.3 is 0 Å². The first-order valence-corrected chi connectivity index (χ1v) is 8.55. The highest BCUT2D eigenvalue weighted by Gasteiger charge is 1.94. The lowest BCUT2D eigenvalue weighted by Crippen LogP contribution is -1.81. The number of benzene rings is 1. The summed E-state index contributed by atoms with van der Waals surface area (Å²) in [5.74, 6) is 0. The van der Waals surface area contributed by atoms with Crippen molar-refractivity contribution in [3.8, 4) is 0 Å². The third-order valence-corrected chi connectivity index (χ3v) is 2.49. The van der Waals surface area contributed by atoms with Crippen LogP contribution in [0.3, 0.4) is 0 Å². The molecular formula is C21H38. The Morgan fingerprint density at radius 3 is 1.76 bits per heavy atom. The Labute approximate surface area is 135 Å². The van der Waals surface area contributed by atoms with Crippen molar-refractivity contribution >= 4 is 5.57 Å². The quantitative estimate of drug-likeness (QED) is 0.495. The van der Waals surface area contributed by atoms with Gasteiger partial charge in [-0.1, -0.05) is 97.0 Å². The summed E-state index contributed by atoms with van der Waals surface area (Å²) in [6, 6.07) is 8.46. The second-order valence-electron chi connectivity index (χ2n) is 4.11. The molecule has 0 nitrogen and oxygen atoms in total. The van der Waals surface area contributed by atoms with Gasteiger partial charge in [0.2, 0.25) is 0 Å². The van der Waals surface area contributed by atoms with Gasteiger partial charge in [0.15, 0.2) is 0 Å². The molecule has 122 valence electrons. The third kappa shape index (κ3) is 16.6.